The molecule has 0 aliphatic carbocycles. The third-order valence-corrected chi connectivity index (χ3v) is 4.58. The number of hydrogen-bond acceptors (Lipinski definition) is 4. The molecule has 0 spiro atoms. The summed E-state index contributed by atoms with van der Waals surface area (Å²) in [5.41, 5.74) is 3.48. The van der Waals surface area contributed by atoms with Gasteiger partial charge >= 0.3 is 0 Å². The van der Waals surface area contributed by atoms with Gasteiger partial charge in [0, 0.05) is 48.2 Å². The lowest BCUT2D eigenvalue weighted by Crippen LogP contribution is -2.21. The Kier molecular flexibility index (Phi) is 4.38. The van der Waals surface area contributed by atoms with Crippen LogP contribution in [0.3, 0.4) is 0 Å². The van der Waals surface area contributed by atoms with Gasteiger partial charge in [0.2, 0.25) is 0 Å². The molecule has 0 atom stereocenters. The van der Waals surface area contributed by atoms with E-state index in [1.165, 1.54) is 0 Å². The predicted octanol–water partition coefficient (Wildman–Crippen LogP) is 3.23. The molecule has 136 valence electrons. The van der Waals surface area contributed by atoms with Gasteiger partial charge in [-0.1, -0.05) is 0 Å². The Morgan fingerprint density at radius 3 is 2.52 bits per heavy atom. The van der Waals surface area contributed by atoms with Crippen LogP contribution in [0.4, 0.5) is 0 Å². The van der Waals surface area contributed by atoms with Gasteiger partial charge in [-0.15, -0.1) is 0 Å². The highest BCUT2D eigenvalue weighted by Crippen LogP contribution is 2.25. The molecule has 0 saturated heterocycles. The molecule has 0 aliphatic rings. The molecule has 0 fully saturated rings. The van der Waals surface area contributed by atoms with E-state index >= 15 is 0 Å². The third-order valence-electron chi connectivity index (χ3n) is 4.58. The van der Waals surface area contributed by atoms with Crippen molar-refractivity contribution in [2.75, 3.05) is 14.2 Å². The van der Waals surface area contributed by atoms with Crippen LogP contribution in [0.1, 0.15) is 5.56 Å². The average molecular weight is 361 g/mol. The molecule has 4 aromatic rings. The first kappa shape index (κ1) is 16.9. The normalized spacial score (nSPS) is 10.9. The van der Waals surface area contributed by atoms with Crippen LogP contribution < -0.4 is 15.0 Å². The van der Waals surface area contributed by atoms with Crippen molar-refractivity contribution in [1.29, 1.82) is 0 Å². The molecule has 0 bridgehead atoms. The Bertz CT molecular complexity index is 1150. The van der Waals surface area contributed by atoms with E-state index in [4.69, 9.17) is 9.47 Å². The maximum absolute atomic E-state index is 13.0. The van der Waals surface area contributed by atoms with Gasteiger partial charge in [-0.05, 0) is 35.9 Å². The summed E-state index contributed by atoms with van der Waals surface area (Å²) in [5, 5.41) is 0. The molecule has 0 N–H and O–H groups in total. The van der Waals surface area contributed by atoms with Gasteiger partial charge in [0.1, 0.15) is 17.0 Å². The monoisotopic (exact) mass is 361 g/mol. The lowest BCUT2D eigenvalue weighted by Gasteiger charge is -2.12. The van der Waals surface area contributed by atoms with Crippen LogP contribution >= 0.6 is 0 Å². The Morgan fingerprint density at radius 1 is 0.963 bits per heavy atom. The summed E-state index contributed by atoms with van der Waals surface area (Å²) in [7, 11) is 3.22. The third kappa shape index (κ3) is 3.17. The van der Waals surface area contributed by atoms with Crippen molar-refractivity contribution < 1.29 is 9.47 Å². The molecule has 4 rings (SSSR count). The Labute approximate surface area is 156 Å². The first-order chi connectivity index (χ1) is 13.2. The number of benzene rings is 1. The summed E-state index contributed by atoms with van der Waals surface area (Å²) in [4.78, 5) is 17.0. The first-order valence-corrected chi connectivity index (χ1v) is 8.52. The van der Waals surface area contributed by atoms with E-state index in [1.807, 2.05) is 53.2 Å². The molecule has 0 radical (unpaired) electrons. The lowest BCUT2D eigenvalue weighted by atomic mass is 10.1. The minimum absolute atomic E-state index is 0.0596. The van der Waals surface area contributed by atoms with Gasteiger partial charge in [-0.25, -0.2) is 0 Å². The van der Waals surface area contributed by atoms with Crippen molar-refractivity contribution in [3.05, 3.63) is 83.3 Å². The highest BCUT2D eigenvalue weighted by molar-refractivity contribution is 5.69. The molecule has 0 amide bonds. The van der Waals surface area contributed by atoms with Gasteiger partial charge < -0.3 is 18.4 Å². The van der Waals surface area contributed by atoms with E-state index in [9.17, 15) is 4.79 Å². The van der Waals surface area contributed by atoms with Crippen LogP contribution in [-0.4, -0.2) is 28.2 Å². The molecule has 0 saturated carbocycles. The fourth-order valence-electron chi connectivity index (χ4n) is 3.13. The van der Waals surface area contributed by atoms with Crippen LogP contribution in [0.15, 0.2) is 72.2 Å². The molecule has 27 heavy (non-hydrogen) atoms. The Balaban J connectivity index is 1.73. The molecule has 0 aliphatic heterocycles. The highest BCUT2D eigenvalue weighted by Gasteiger charge is 2.10. The van der Waals surface area contributed by atoms with E-state index < -0.39 is 0 Å². The van der Waals surface area contributed by atoms with E-state index in [0.717, 1.165) is 16.7 Å². The fourth-order valence-corrected chi connectivity index (χ4v) is 3.13. The largest absolute Gasteiger partial charge is 0.497 e. The number of aromatic nitrogens is 3. The second kappa shape index (κ2) is 6.99. The average Bonchev–Trinajstić information content (AvgIpc) is 3.16. The number of ether oxygens (including phenoxy) is 2. The second-order valence-electron chi connectivity index (χ2n) is 6.17. The summed E-state index contributed by atoms with van der Waals surface area (Å²) < 4.78 is 14.2. The Morgan fingerprint density at radius 2 is 1.78 bits per heavy atom. The highest BCUT2D eigenvalue weighted by atomic mass is 16.5. The van der Waals surface area contributed by atoms with Crippen LogP contribution in [0.2, 0.25) is 0 Å². The van der Waals surface area contributed by atoms with E-state index in [0.29, 0.717) is 23.6 Å². The summed E-state index contributed by atoms with van der Waals surface area (Å²) in [6, 6.07) is 11.3. The zero-order valence-corrected chi connectivity index (χ0v) is 15.1. The van der Waals surface area contributed by atoms with E-state index in [-0.39, 0.29) is 5.56 Å². The summed E-state index contributed by atoms with van der Waals surface area (Å²) >= 11 is 0. The topological polar surface area (TPSA) is 57.8 Å². The number of nitrogens with zero attached hydrogens (tertiary/aromatic N) is 3. The fraction of sp³-hybridized carbons (Fsp3) is 0.143. The second-order valence-corrected chi connectivity index (χ2v) is 6.17. The van der Waals surface area contributed by atoms with Crippen molar-refractivity contribution in [2.24, 2.45) is 0 Å². The molecule has 6 nitrogen and oxygen atoms in total. The van der Waals surface area contributed by atoms with E-state index in [1.54, 1.807) is 37.4 Å². The maximum atomic E-state index is 13.0. The number of fused-ring (bicyclic) bond motifs is 1. The van der Waals surface area contributed by atoms with Crippen molar-refractivity contribution in [3.63, 3.8) is 0 Å². The minimum Gasteiger partial charge on any atom is -0.497 e. The molecule has 3 heterocycles. The minimum atomic E-state index is -0.0596. The summed E-state index contributed by atoms with van der Waals surface area (Å²) in [5.74, 6) is 1.40. The van der Waals surface area contributed by atoms with Crippen molar-refractivity contribution in [3.8, 4) is 22.6 Å². The SMILES string of the molecule is COc1ccc(Cn2ccn3cc(-c4ccncc4)cc3c2=O)c(OC)c1. The smallest absolute Gasteiger partial charge is 0.275 e. The molecular formula is C21H19N3O3. The molecule has 6 heteroatoms. The number of rotatable bonds is 5. The molecule has 1 aromatic carbocycles. The van der Waals surface area contributed by atoms with Crippen molar-refractivity contribution >= 4 is 5.52 Å². The first-order valence-electron chi connectivity index (χ1n) is 8.52. The number of pyridine rings is 1. The molecule has 0 unspecified atom stereocenters. The summed E-state index contributed by atoms with van der Waals surface area (Å²) in [6.07, 6.45) is 9.11. The van der Waals surface area contributed by atoms with Crippen LogP contribution in [0.5, 0.6) is 11.5 Å². The number of methoxy groups -OCH3 is 2. The van der Waals surface area contributed by atoms with Gasteiger partial charge in [0.05, 0.1) is 20.8 Å². The van der Waals surface area contributed by atoms with Gasteiger partial charge in [0.15, 0.2) is 0 Å². The molecular weight excluding hydrogens is 342 g/mol. The van der Waals surface area contributed by atoms with Crippen molar-refractivity contribution in [1.82, 2.24) is 14.0 Å². The standard InChI is InChI=1S/C21H19N3O3/c1-26-18-4-3-16(20(12-18)27-2)13-24-10-9-23-14-17(11-19(23)21(24)25)15-5-7-22-8-6-15/h3-12,14H,13H2,1-2H3. The van der Waals surface area contributed by atoms with Gasteiger partial charge in [0.25, 0.3) is 5.56 Å². The van der Waals surface area contributed by atoms with E-state index in [2.05, 4.69) is 4.98 Å². The predicted molar refractivity (Wildman–Crippen MR) is 104 cm³/mol. The maximum Gasteiger partial charge on any atom is 0.275 e. The van der Waals surface area contributed by atoms with Crippen molar-refractivity contribution in [2.45, 2.75) is 6.54 Å². The number of hydrogen-bond donors (Lipinski definition) is 0. The zero-order chi connectivity index (χ0) is 18.8. The molecule has 3 aromatic heterocycles. The van der Waals surface area contributed by atoms with Crippen LogP contribution in [-0.2, 0) is 6.54 Å². The Hall–Kier alpha value is -3.54. The van der Waals surface area contributed by atoms with Gasteiger partial charge in [-0.3, -0.25) is 9.78 Å². The quantitative estimate of drug-likeness (QED) is 0.548. The summed E-state index contributed by atoms with van der Waals surface area (Å²) in [6.45, 7) is 0.415. The van der Waals surface area contributed by atoms with Crippen LogP contribution in [0, 0.1) is 0 Å². The van der Waals surface area contributed by atoms with Crippen LogP contribution in [0.25, 0.3) is 16.6 Å². The van der Waals surface area contributed by atoms with Gasteiger partial charge in [-0.2, -0.15) is 0 Å². The zero-order valence-electron chi connectivity index (χ0n) is 15.1. The lowest BCUT2D eigenvalue weighted by molar-refractivity contribution is 0.390.